The van der Waals surface area contributed by atoms with Crippen molar-refractivity contribution in [2.24, 2.45) is 0 Å². The lowest BCUT2D eigenvalue weighted by Gasteiger charge is -2.15. The first-order valence-corrected chi connectivity index (χ1v) is 9.49. The molecule has 2 aromatic rings. The average molecular weight is 347 g/mol. The van der Waals surface area contributed by atoms with E-state index in [0.29, 0.717) is 5.75 Å². The number of amides is 1. The monoisotopic (exact) mass is 347 g/mol. The number of rotatable bonds is 7. The molecule has 0 fully saturated rings. The Hall–Kier alpha value is -2.34. The van der Waals surface area contributed by atoms with Gasteiger partial charge < -0.3 is 10.1 Å². The molecule has 1 atom stereocenters. The maximum Gasteiger partial charge on any atom is 0.238 e. The minimum absolute atomic E-state index is 0.156. The van der Waals surface area contributed by atoms with Crippen molar-refractivity contribution in [2.75, 3.05) is 13.4 Å². The second-order valence-electron chi connectivity index (χ2n) is 5.58. The Kier molecular flexibility index (Phi) is 5.98. The predicted octanol–water partition coefficient (Wildman–Crippen LogP) is 1.97. The van der Waals surface area contributed by atoms with Crippen LogP contribution in [0.15, 0.2) is 54.6 Å². The Labute approximate surface area is 142 Å². The van der Waals surface area contributed by atoms with Crippen molar-refractivity contribution in [1.82, 2.24) is 5.32 Å². The summed E-state index contributed by atoms with van der Waals surface area (Å²) < 4.78 is 29.2. The third-order valence-corrected chi connectivity index (χ3v) is 5.09. The van der Waals surface area contributed by atoms with Crippen LogP contribution in [0.25, 0.3) is 0 Å². The van der Waals surface area contributed by atoms with Gasteiger partial charge in [-0.2, -0.15) is 0 Å². The van der Waals surface area contributed by atoms with Gasteiger partial charge in [0.05, 0.1) is 7.11 Å². The molecule has 0 saturated heterocycles. The van der Waals surface area contributed by atoms with Gasteiger partial charge in [0.2, 0.25) is 5.91 Å². The Morgan fingerprint density at radius 3 is 2.38 bits per heavy atom. The van der Waals surface area contributed by atoms with E-state index in [4.69, 9.17) is 4.74 Å². The van der Waals surface area contributed by atoms with Crippen molar-refractivity contribution in [3.05, 3.63) is 65.7 Å². The lowest BCUT2D eigenvalue weighted by Crippen LogP contribution is -2.40. The largest absolute Gasteiger partial charge is 0.497 e. The molecule has 1 amide bonds. The Balaban J connectivity index is 2.08. The van der Waals surface area contributed by atoms with E-state index in [1.807, 2.05) is 42.5 Å². The molecule has 0 unspecified atom stereocenters. The molecule has 0 bridgehead atoms. The van der Waals surface area contributed by atoms with Crippen molar-refractivity contribution < 1.29 is 17.9 Å². The van der Waals surface area contributed by atoms with E-state index in [9.17, 15) is 13.2 Å². The summed E-state index contributed by atoms with van der Waals surface area (Å²) in [5.41, 5.74) is 1.65. The van der Waals surface area contributed by atoms with Crippen molar-refractivity contribution in [3.63, 3.8) is 0 Å². The van der Waals surface area contributed by atoms with Gasteiger partial charge in [0.25, 0.3) is 0 Å². The third-order valence-electron chi connectivity index (χ3n) is 3.67. The third kappa shape index (κ3) is 5.09. The van der Waals surface area contributed by atoms with E-state index >= 15 is 0 Å². The van der Waals surface area contributed by atoms with E-state index < -0.39 is 21.0 Å². The highest BCUT2D eigenvalue weighted by Gasteiger charge is 2.28. The number of hydrogen-bond donors (Lipinski definition) is 1. The van der Waals surface area contributed by atoms with Crippen molar-refractivity contribution in [2.45, 2.75) is 18.2 Å². The van der Waals surface area contributed by atoms with Crippen LogP contribution in [0.3, 0.4) is 0 Å². The van der Waals surface area contributed by atoms with Crippen LogP contribution in [0.5, 0.6) is 5.75 Å². The fraction of sp³-hybridized carbons (Fsp3) is 0.278. The first-order valence-electron chi connectivity index (χ1n) is 7.53. The number of hydrogen-bond acceptors (Lipinski definition) is 4. The number of sulfone groups is 1. The number of methoxy groups -OCH3 is 1. The quantitative estimate of drug-likeness (QED) is 0.831. The molecule has 1 N–H and O–H groups in total. The summed E-state index contributed by atoms with van der Waals surface area (Å²) in [6.45, 7) is 0.247. The molecular weight excluding hydrogens is 326 g/mol. The molecule has 0 heterocycles. The highest BCUT2D eigenvalue weighted by atomic mass is 32.2. The highest BCUT2D eigenvalue weighted by molar-refractivity contribution is 7.92. The summed E-state index contributed by atoms with van der Waals surface area (Å²) in [5.74, 6) is 0.190. The molecule has 0 aliphatic carbocycles. The zero-order valence-electron chi connectivity index (χ0n) is 13.7. The van der Waals surface area contributed by atoms with Gasteiger partial charge in [0, 0.05) is 12.8 Å². The van der Waals surface area contributed by atoms with Crippen LogP contribution in [0.4, 0.5) is 0 Å². The van der Waals surface area contributed by atoms with Crippen LogP contribution in [0.1, 0.15) is 11.1 Å². The summed E-state index contributed by atoms with van der Waals surface area (Å²) >= 11 is 0. The summed E-state index contributed by atoms with van der Waals surface area (Å²) in [4.78, 5) is 12.4. The summed E-state index contributed by atoms with van der Waals surface area (Å²) in [5, 5.41) is 1.60. The molecule has 0 spiro atoms. The van der Waals surface area contributed by atoms with Crippen LogP contribution < -0.4 is 10.1 Å². The van der Waals surface area contributed by atoms with Gasteiger partial charge >= 0.3 is 0 Å². The second-order valence-corrected chi connectivity index (χ2v) is 7.81. The highest BCUT2D eigenvalue weighted by Crippen LogP contribution is 2.13. The van der Waals surface area contributed by atoms with Gasteiger partial charge in [-0.1, -0.05) is 42.5 Å². The van der Waals surface area contributed by atoms with Crippen molar-refractivity contribution in [3.8, 4) is 5.75 Å². The van der Waals surface area contributed by atoms with E-state index in [1.165, 1.54) is 0 Å². The molecule has 2 aromatic carbocycles. The average Bonchev–Trinajstić information content (AvgIpc) is 2.57. The first-order chi connectivity index (χ1) is 11.4. The molecule has 0 radical (unpaired) electrons. The maximum atomic E-state index is 12.4. The topological polar surface area (TPSA) is 72.5 Å². The van der Waals surface area contributed by atoms with Gasteiger partial charge in [-0.15, -0.1) is 0 Å². The maximum absolute atomic E-state index is 12.4. The van der Waals surface area contributed by atoms with Crippen LogP contribution >= 0.6 is 0 Å². The fourth-order valence-electron chi connectivity index (χ4n) is 2.35. The number of carbonyl (C=O) groups is 1. The smallest absolute Gasteiger partial charge is 0.238 e. The van der Waals surface area contributed by atoms with Crippen molar-refractivity contribution >= 4 is 15.7 Å². The first kappa shape index (κ1) is 18.0. The van der Waals surface area contributed by atoms with Gasteiger partial charge in [-0.25, -0.2) is 8.42 Å². The number of carbonyl (C=O) groups excluding carboxylic acids is 1. The molecule has 24 heavy (non-hydrogen) atoms. The fourth-order valence-corrected chi connectivity index (χ4v) is 3.32. The molecule has 6 heteroatoms. The molecule has 0 saturated carbocycles. The number of benzene rings is 2. The number of ether oxygens (including phenoxy) is 1. The second kappa shape index (κ2) is 7.97. The zero-order chi connectivity index (χ0) is 17.6. The van der Waals surface area contributed by atoms with E-state index in [1.54, 1.807) is 19.2 Å². The van der Waals surface area contributed by atoms with Gasteiger partial charge in [0.15, 0.2) is 9.84 Å². The summed E-state index contributed by atoms with van der Waals surface area (Å²) in [7, 11) is -1.95. The molecule has 0 aromatic heterocycles. The van der Waals surface area contributed by atoms with Crippen LogP contribution in [0.2, 0.25) is 0 Å². The molecule has 2 rings (SSSR count). The molecule has 128 valence electrons. The minimum atomic E-state index is -3.52. The van der Waals surface area contributed by atoms with Crippen molar-refractivity contribution in [1.29, 1.82) is 0 Å². The molecular formula is C18H21NO4S. The van der Waals surface area contributed by atoms with Gasteiger partial charge in [-0.05, 0) is 29.7 Å². The lowest BCUT2D eigenvalue weighted by atomic mass is 10.1. The van der Waals surface area contributed by atoms with Crippen LogP contribution in [0, 0.1) is 0 Å². The Morgan fingerprint density at radius 2 is 1.75 bits per heavy atom. The zero-order valence-corrected chi connectivity index (χ0v) is 14.5. The molecule has 0 aliphatic heterocycles. The Morgan fingerprint density at radius 1 is 1.08 bits per heavy atom. The van der Waals surface area contributed by atoms with Crippen LogP contribution in [-0.2, 0) is 27.6 Å². The standard InChI is InChI=1S/C18H21NO4S/c1-23-16-10-6-9-15(11-16)13-19-18(20)17(24(2,21)22)12-14-7-4-3-5-8-14/h3-11,17H,12-13H2,1-2H3,(H,19,20)/t17-/m1/s1. The lowest BCUT2D eigenvalue weighted by molar-refractivity contribution is -0.120. The van der Waals surface area contributed by atoms with Gasteiger partial charge in [0.1, 0.15) is 11.0 Å². The molecule has 5 nitrogen and oxygen atoms in total. The van der Waals surface area contributed by atoms with Gasteiger partial charge in [-0.3, -0.25) is 4.79 Å². The molecule has 0 aliphatic rings. The van der Waals surface area contributed by atoms with E-state index in [2.05, 4.69) is 5.32 Å². The van der Waals surface area contributed by atoms with E-state index in [0.717, 1.165) is 17.4 Å². The SMILES string of the molecule is COc1cccc(CNC(=O)[C@@H](Cc2ccccc2)S(C)(=O)=O)c1. The summed E-state index contributed by atoms with van der Waals surface area (Å²) in [6, 6.07) is 16.4. The normalized spacial score (nSPS) is 12.4. The van der Waals surface area contributed by atoms with Crippen LogP contribution in [-0.4, -0.2) is 32.9 Å². The number of nitrogens with one attached hydrogen (secondary N) is 1. The minimum Gasteiger partial charge on any atom is -0.497 e. The van der Waals surface area contributed by atoms with E-state index in [-0.39, 0.29) is 13.0 Å². The Bertz CT molecular complexity index is 788. The summed E-state index contributed by atoms with van der Waals surface area (Å²) in [6.07, 6.45) is 1.25. The predicted molar refractivity (Wildman–Crippen MR) is 93.6 cm³/mol.